The highest BCUT2D eigenvalue weighted by atomic mass is 32.2. The van der Waals surface area contributed by atoms with Crippen molar-refractivity contribution >= 4 is 46.3 Å². The lowest BCUT2D eigenvalue weighted by atomic mass is 9.94. The van der Waals surface area contributed by atoms with Crippen molar-refractivity contribution < 1.29 is 19.4 Å². The van der Waals surface area contributed by atoms with Gasteiger partial charge in [0.1, 0.15) is 10.1 Å². The van der Waals surface area contributed by atoms with Crippen LogP contribution in [0.2, 0.25) is 0 Å². The largest absolute Gasteiger partial charge is 0.479 e. The Bertz CT molecular complexity index is 756. The van der Waals surface area contributed by atoms with Crippen molar-refractivity contribution in [2.75, 3.05) is 0 Å². The molecule has 7 heteroatoms. The highest BCUT2D eigenvalue weighted by molar-refractivity contribution is 8.26. The molecule has 0 aromatic heterocycles. The van der Waals surface area contributed by atoms with E-state index in [1.54, 1.807) is 29.2 Å². The van der Waals surface area contributed by atoms with Gasteiger partial charge in [-0.25, -0.2) is 4.79 Å². The van der Waals surface area contributed by atoms with Gasteiger partial charge in [0.25, 0.3) is 5.91 Å². The fraction of sp³-hybridized carbons (Fsp3) is 0.421. The highest BCUT2D eigenvalue weighted by Crippen LogP contribution is 2.37. The van der Waals surface area contributed by atoms with Crippen molar-refractivity contribution in [3.8, 4) is 5.75 Å². The molecule has 1 aromatic rings. The van der Waals surface area contributed by atoms with E-state index in [-0.39, 0.29) is 11.9 Å². The second-order valence-electron chi connectivity index (χ2n) is 6.51. The number of thiocarbonyl (C=S) groups is 1. The number of carboxylic acids is 1. The molecule has 1 amide bonds. The summed E-state index contributed by atoms with van der Waals surface area (Å²) in [5.74, 6) is -0.600. The lowest BCUT2D eigenvalue weighted by Crippen LogP contribution is -2.39. The van der Waals surface area contributed by atoms with Crippen molar-refractivity contribution in [3.05, 3.63) is 34.7 Å². The summed E-state index contributed by atoms with van der Waals surface area (Å²) in [7, 11) is 0. The Morgan fingerprint density at radius 3 is 2.81 bits per heavy atom. The quantitative estimate of drug-likeness (QED) is 0.603. The zero-order valence-electron chi connectivity index (χ0n) is 14.5. The van der Waals surface area contributed by atoms with Gasteiger partial charge < -0.3 is 9.84 Å². The summed E-state index contributed by atoms with van der Waals surface area (Å²) in [6, 6.07) is 7.27. The summed E-state index contributed by atoms with van der Waals surface area (Å²) in [5.41, 5.74) is 0.782. The van der Waals surface area contributed by atoms with Crippen molar-refractivity contribution in [2.45, 2.75) is 51.2 Å². The summed E-state index contributed by atoms with van der Waals surface area (Å²) in [5, 5.41) is 8.95. The van der Waals surface area contributed by atoms with Gasteiger partial charge >= 0.3 is 5.97 Å². The van der Waals surface area contributed by atoms with Crippen LogP contribution in [0.5, 0.6) is 5.75 Å². The van der Waals surface area contributed by atoms with E-state index < -0.39 is 12.1 Å². The predicted octanol–water partition coefficient (Wildman–Crippen LogP) is 4.07. The zero-order valence-corrected chi connectivity index (χ0v) is 16.1. The molecule has 0 spiro atoms. The summed E-state index contributed by atoms with van der Waals surface area (Å²) in [4.78, 5) is 26.1. The fourth-order valence-corrected chi connectivity index (χ4v) is 4.62. The Morgan fingerprint density at radius 2 is 2.12 bits per heavy atom. The third kappa shape index (κ3) is 4.27. The predicted molar refractivity (Wildman–Crippen MR) is 106 cm³/mol. The number of benzene rings is 1. The molecule has 2 fully saturated rings. The molecule has 1 aromatic carbocycles. The molecular weight excluding hydrogens is 370 g/mol. The van der Waals surface area contributed by atoms with Crippen molar-refractivity contribution in [1.82, 2.24) is 4.90 Å². The number of amides is 1. The average Bonchev–Trinajstić information content (AvgIpc) is 2.89. The van der Waals surface area contributed by atoms with Crippen LogP contribution in [0.25, 0.3) is 6.08 Å². The van der Waals surface area contributed by atoms with E-state index in [0.29, 0.717) is 15.0 Å². The second kappa shape index (κ2) is 8.22. The van der Waals surface area contributed by atoms with Crippen LogP contribution >= 0.6 is 24.0 Å². The number of carbonyl (C=O) groups excluding carboxylic acids is 1. The molecule has 1 N–H and O–H groups in total. The van der Waals surface area contributed by atoms with Crippen LogP contribution in [0.3, 0.4) is 0 Å². The van der Waals surface area contributed by atoms with E-state index in [9.17, 15) is 9.59 Å². The van der Waals surface area contributed by atoms with Gasteiger partial charge in [-0.1, -0.05) is 55.4 Å². The highest BCUT2D eigenvalue weighted by Gasteiger charge is 2.37. The third-order valence-electron chi connectivity index (χ3n) is 4.58. The molecule has 1 saturated carbocycles. The van der Waals surface area contributed by atoms with Gasteiger partial charge in [-0.2, -0.15) is 0 Å². The number of carbonyl (C=O) groups is 2. The van der Waals surface area contributed by atoms with Gasteiger partial charge in [0.2, 0.25) is 0 Å². The van der Waals surface area contributed by atoms with Crippen LogP contribution in [0.4, 0.5) is 0 Å². The van der Waals surface area contributed by atoms with Crippen molar-refractivity contribution in [2.24, 2.45) is 0 Å². The topological polar surface area (TPSA) is 66.8 Å². The first-order chi connectivity index (χ1) is 12.5. The van der Waals surface area contributed by atoms with E-state index in [4.69, 9.17) is 22.1 Å². The van der Waals surface area contributed by atoms with Crippen LogP contribution in [0.15, 0.2) is 29.2 Å². The molecule has 1 heterocycles. The van der Waals surface area contributed by atoms with E-state index in [1.807, 2.05) is 6.07 Å². The number of hydrogen-bond acceptors (Lipinski definition) is 5. The maximum atomic E-state index is 12.8. The number of ether oxygens (including phenoxy) is 1. The standard InChI is InChI=1S/C19H21NO4S2/c1-12(18(22)23)24-15-9-5-6-13(10-15)11-16-17(21)20(19(25)26-16)14-7-3-2-4-8-14/h5-6,9-12,14H,2-4,7-8H2,1H3,(H,22,23)/b16-11+. The Morgan fingerprint density at radius 1 is 1.38 bits per heavy atom. The van der Waals surface area contributed by atoms with Crippen molar-refractivity contribution in [3.63, 3.8) is 0 Å². The molecule has 1 unspecified atom stereocenters. The first-order valence-electron chi connectivity index (χ1n) is 8.72. The first-order valence-corrected chi connectivity index (χ1v) is 9.95. The minimum Gasteiger partial charge on any atom is -0.479 e. The number of aliphatic carboxylic acids is 1. The maximum Gasteiger partial charge on any atom is 0.344 e. The molecule has 1 aliphatic heterocycles. The number of hydrogen-bond donors (Lipinski definition) is 1. The Labute approximate surface area is 162 Å². The molecule has 0 radical (unpaired) electrons. The molecule has 1 atom stereocenters. The molecule has 1 saturated heterocycles. The van der Waals surface area contributed by atoms with Gasteiger partial charge in [-0.05, 0) is 43.5 Å². The summed E-state index contributed by atoms with van der Waals surface area (Å²) in [6.45, 7) is 1.48. The van der Waals surface area contributed by atoms with Crippen LogP contribution in [-0.2, 0) is 9.59 Å². The molecule has 5 nitrogen and oxygen atoms in total. The van der Waals surface area contributed by atoms with E-state index in [0.717, 1.165) is 31.2 Å². The maximum absolute atomic E-state index is 12.8. The van der Waals surface area contributed by atoms with Gasteiger partial charge in [-0.15, -0.1) is 0 Å². The number of thioether (sulfide) groups is 1. The van der Waals surface area contributed by atoms with Gasteiger partial charge in [0.05, 0.1) is 4.91 Å². The SMILES string of the molecule is CC(Oc1cccc(/C=C2/SC(=S)N(C3CCCCC3)C2=O)c1)C(=O)O. The Hall–Kier alpha value is -1.86. The second-order valence-corrected chi connectivity index (χ2v) is 8.19. The number of carboxylic acid groups (broad SMARTS) is 1. The smallest absolute Gasteiger partial charge is 0.344 e. The van der Waals surface area contributed by atoms with Crippen molar-refractivity contribution in [1.29, 1.82) is 0 Å². The average molecular weight is 392 g/mol. The minimum absolute atomic E-state index is 0.0304. The first kappa shape index (κ1) is 18.9. The zero-order chi connectivity index (χ0) is 18.7. The summed E-state index contributed by atoms with van der Waals surface area (Å²) >= 11 is 6.77. The Balaban J connectivity index is 1.76. The number of rotatable bonds is 5. The van der Waals surface area contributed by atoms with Crippen LogP contribution in [0, 0.1) is 0 Å². The minimum atomic E-state index is -1.02. The fourth-order valence-electron chi connectivity index (χ4n) is 3.22. The third-order valence-corrected chi connectivity index (χ3v) is 5.91. The molecule has 3 rings (SSSR count). The van der Waals surface area contributed by atoms with Crippen LogP contribution < -0.4 is 4.74 Å². The number of nitrogens with zero attached hydrogens (tertiary/aromatic N) is 1. The lowest BCUT2D eigenvalue weighted by molar-refractivity contribution is -0.144. The van der Waals surface area contributed by atoms with E-state index in [1.165, 1.54) is 25.1 Å². The molecule has 2 aliphatic rings. The molecule has 26 heavy (non-hydrogen) atoms. The normalized spacial score (nSPS) is 21.3. The molecular formula is C19H21NO4S2. The van der Waals surface area contributed by atoms with E-state index >= 15 is 0 Å². The summed E-state index contributed by atoms with van der Waals surface area (Å²) in [6.07, 6.45) is 6.38. The van der Waals surface area contributed by atoms with Gasteiger partial charge in [-0.3, -0.25) is 9.69 Å². The monoisotopic (exact) mass is 391 g/mol. The van der Waals surface area contributed by atoms with Crippen LogP contribution in [-0.4, -0.2) is 38.3 Å². The molecule has 0 bridgehead atoms. The molecule has 1 aliphatic carbocycles. The summed E-state index contributed by atoms with van der Waals surface area (Å²) < 4.78 is 6.01. The lowest BCUT2D eigenvalue weighted by Gasteiger charge is -2.29. The van der Waals surface area contributed by atoms with Crippen LogP contribution in [0.1, 0.15) is 44.6 Å². The Kier molecular flexibility index (Phi) is 5.98. The van der Waals surface area contributed by atoms with Gasteiger partial charge in [0, 0.05) is 6.04 Å². The molecule has 138 valence electrons. The van der Waals surface area contributed by atoms with Gasteiger partial charge in [0.15, 0.2) is 6.10 Å². The van der Waals surface area contributed by atoms with E-state index in [2.05, 4.69) is 0 Å².